The number of nitrogens with zero attached hydrogens (tertiary/aromatic N) is 2. The molecule has 0 bridgehead atoms. The number of imide groups is 1. The lowest BCUT2D eigenvalue weighted by Crippen LogP contribution is -2.24. The summed E-state index contributed by atoms with van der Waals surface area (Å²) in [4.78, 5) is 47.8. The predicted molar refractivity (Wildman–Crippen MR) is 88.0 cm³/mol. The zero-order valence-electron chi connectivity index (χ0n) is 13.0. The smallest absolute Gasteiger partial charge is 0.408 e. The summed E-state index contributed by atoms with van der Waals surface area (Å²) in [7, 11) is 0. The average molecular weight is 340 g/mol. The molecule has 0 radical (unpaired) electrons. The molecule has 1 aromatic carbocycles. The highest BCUT2D eigenvalue weighted by Crippen LogP contribution is 2.24. The lowest BCUT2D eigenvalue weighted by molar-refractivity contribution is 0.0880. The molecule has 0 atom stereocenters. The van der Waals surface area contributed by atoms with Crippen LogP contribution in [0.3, 0.4) is 0 Å². The molecule has 0 saturated heterocycles. The number of rotatable bonds is 2. The second-order valence-electron chi connectivity index (χ2n) is 5.54. The van der Waals surface area contributed by atoms with Crippen LogP contribution in [0.4, 0.5) is 5.82 Å². The molecule has 9 nitrogen and oxygen atoms in total. The van der Waals surface area contributed by atoms with Crippen molar-refractivity contribution in [1.29, 1.82) is 0 Å². The normalized spacial score (nSPS) is 13.3. The highest BCUT2D eigenvalue weighted by molar-refractivity contribution is 6.23. The van der Waals surface area contributed by atoms with Crippen molar-refractivity contribution in [2.45, 2.75) is 13.5 Å². The molecule has 25 heavy (non-hydrogen) atoms. The third-order valence-corrected chi connectivity index (χ3v) is 4.18. The highest BCUT2D eigenvalue weighted by Gasteiger charge is 2.31. The number of anilines is 1. The van der Waals surface area contributed by atoms with Gasteiger partial charge in [-0.15, -0.1) is 0 Å². The van der Waals surface area contributed by atoms with Crippen LogP contribution in [0.15, 0.2) is 38.3 Å². The second kappa shape index (κ2) is 4.94. The summed E-state index contributed by atoms with van der Waals surface area (Å²) in [5.41, 5.74) is 6.50. The van der Waals surface area contributed by atoms with Gasteiger partial charge in [0.25, 0.3) is 17.4 Å². The SMILES string of the molecule is CCn1c(=O)oc2cc(-n3c(N)c4c(cc3=O)C(=O)NC4=O)ccc21. The fourth-order valence-electron chi connectivity index (χ4n) is 3.04. The Hall–Kier alpha value is -3.62. The number of carbonyl (C=O) groups is 2. The maximum atomic E-state index is 12.4. The second-order valence-corrected chi connectivity index (χ2v) is 5.54. The maximum absolute atomic E-state index is 12.4. The van der Waals surface area contributed by atoms with Crippen LogP contribution in [0, 0.1) is 0 Å². The van der Waals surface area contributed by atoms with Crippen LogP contribution < -0.4 is 22.4 Å². The summed E-state index contributed by atoms with van der Waals surface area (Å²) in [6, 6.07) is 5.76. The van der Waals surface area contributed by atoms with Crippen LogP contribution in [0.5, 0.6) is 0 Å². The summed E-state index contributed by atoms with van der Waals surface area (Å²) < 4.78 is 7.72. The van der Waals surface area contributed by atoms with Crippen molar-refractivity contribution in [3.8, 4) is 5.69 Å². The minimum absolute atomic E-state index is 0.0442. The van der Waals surface area contributed by atoms with Crippen molar-refractivity contribution in [2.75, 3.05) is 5.73 Å². The van der Waals surface area contributed by atoms with Crippen molar-refractivity contribution in [3.63, 3.8) is 0 Å². The first-order valence-electron chi connectivity index (χ1n) is 7.47. The molecule has 9 heteroatoms. The Kier molecular flexibility index (Phi) is 2.95. The highest BCUT2D eigenvalue weighted by atomic mass is 16.4. The molecule has 2 aromatic heterocycles. The molecular formula is C16H12N4O5. The summed E-state index contributed by atoms with van der Waals surface area (Å²) in [6.45, 7) is 2.25. The van der Waals surface area contributed by atoms with Gasteiger partial charge in [-0.05, 0) is 19.1 Å². The van der Waals surface area contributed by atoms with E-state index >= 15 is 0 Å². The monoisotopic (exact) mass is 340 g/mol. The van der Waals surface area contributed by atoms with Gasteiger partial charge in [-0.3, -0.25) is 28.8 Å². The Morgan fingerprint density at radius 1 is 1.12 bits per heavy atom. The van der Waals surface area contributed by atoms with Gasteiger partial charge in [0.2, 0.25) is 0 Å². The third-order valence-electron chi connectivity index (χ3n) is 4.18. The van der Waals surface area contributed by atoms with Crippen molar-refractivity contribution < 1.29 is 14.0 Å². The average Bonchev–Trinajstić information content (AvgIpc) is 3.02. The fourth-order valence-corrected chi connectivity index (χ4v) is 3.04. The number of nitrogens with two attached hydrogens (primary N) is 1. The minimum Gasteiger partial charge on any atom is -0.408 e. The van der Waals surface area contributed by atoms with Crippen LogP contribution in [0.1, 0.15) is 27.6 Å². The summed E-state index contributed by atoms with van der Waals surface area (Å²) >= 11 is 0. The molecule has 126 valence electrons. The number of pyridine rings is 1. The van der Waals surface area contributed by atoms with E-state index in [-0.39, 0.29) is 22.5 Å². The largest absolute Gasteiger partial charge is 0.419 e. The number of carbonyl (C=O) groups excluding carboxylic acids is 2. The standard InChI is InChI=1S/C16H12N4O5/c1-2-19-9-4-3-7(5-10(9)25-16(19)24)20-11(21)6-8-12(13(20)17)15(23)18-14(8)22/h3-6H,2,17H2,1H3,(H,18,22,23). The number of fused-ring (bicyclic) bond motifs is 2. The van der Waals surface area contributed by atoms with Gasteiger partial charge in [0.15, 0.2) is 5.58 Å². The maximum Gasteiger partial charge on any atom is 0.419 e. The van der Waals surface area contributed by atoms with E-state index < -0.39 is 23.1 Å². The van der Waals surface area contributed by atoms with Crippen LogP contribution in [0.25, 0.3) is 16.8 Å². The van der Waals surface area contributed by atoms with Gasteiger partial charge in [0.1, 0.15) is 5.82 Å². The Labute approximate surface area is 139 Å². The third kappa shape index (κ3) is 1.95. The number of aryl methyl sites for hydroxylation is 1. The van der Waals surface area contributed by atoms with E-state index in [1.165, 1.54) is 10.6 Å². The molecule has 0 unspecified atom stereocenters. The minimum atomic E-state index is -0.656. The number of amides is 2. The van der Waals surface area contributed by atoms with E-state index in [1.807, 2.05) is 6.92 Å². The Morgan fingerprint density at radius 3 is 2.60 bits per heavy atom. The van der Waals surface area contributed by atoms with Crippen molar-refractivity contribution in [2.24, 2.45) is 0 Å². The fraction of sp³-hybridized carbons (Fsp3) is 0.125. The van der Waals surface area contributed by atoms with Gasteiger partial charge in [-0.1, -0.05) is 0 Å². The Morgan fingerprint density at radius 2 is 1.88 bits per heavy atom. The summed E-state index contributed by atoms with van der Waals surface area (Å²) in [5, 5.41) is 2.10. The van der Waals surface area contributed by atoms with E-state index in [4.69, 9.17) is 10.2 Å². The lowest BCUT2D eigenvalue weighted by Gasteiger charge is -2.11. The van der Waals surface area contributed by atoms with Crippen LogP contribution in [-0.4, -0.2) is 20.9 Å². The van der Waals surface area contributed by atoms with E-state index in [9.17, 15) is 19.2 Å². The molecule has 1 aliphatic heterocycles. The Bertz CT molecular complexity index is 1200. The van der Waals surface area contributed by atoms with Crippen molar-refractivity contribution in [1.82, 2.24) is 14.5 Å². The van der Waals surface area contributed by atoms with E-state index in [0.717, 1.165) is 10.6 Å². The molecule has 0 saturated carbocycles. The first-order valence-corrected chi connectivity index (χ1v) is 7.47. The van der Waals surface area contributed by atoms with E-state index in [0.29, 0.717) is 17.7 Å². The van der Waals surface area contributed by atoms with Gasteiger partial charge in [-0.25, -0.2) is 4.79 Å². The molecule has 1 aliphatic rings. The van der Waals surface area contributed by atoms with Gasteiger partial charge < -0.3 is 10.2 Å². The summed E-state index contributed by atoms with van der Waals surface area (Å²) in [6.07, 6.45) is 0. The molecule has 3 heterocycles. The molecule has 4 rings (SSSR count). The quantitative estimate of drug-likeness (QED) is 0.643. The number of hydrogen-bond donors (Lipinski definition) is 2. The predicted octanol–water partition coefficient (Wildman–Crippen LogP) is 0.231. The molecule has 2 amide bonds. The molecule has 3 aromatic rings. The van der Waals surface area contributed by atoms with Gasteiger partial charge >= 0.3 is 5.76 Å². The van der Waals surface area contributed by atoms with E-state index in [2.05, 4.69) is 5.32 Å². The number of nitrogen functional groups attached to an aromatic ring is 1. The molecular weight excluding hydrogens is 328 g/mol. The van der Waals surface area contributed by atoms with Crippen LogP contribution in [0.2, 0.25) is 0 Å². The molecule has 3 N–H and O–H groups in total. The first kappa shape index (κ1) is 14.9. The van der Waals surface area contributed by atoms with Gasteiger partial charge in [-0.2, -0.15) is 0 Å². The number of nitrogens with one attached hydrogen (secondary N) is 1. The molecule has 0 aliphatic carbocycles. The van der Waals surface area contributed by atoms with Crippen molar-refractivity contribution >= 4 is 28.7 Å². The van der Waals surface area contributed by atoms with E-state index in [1.54, 1.807) is 12.1 Å². The zero-order valence-corrected chi connectivity index (χ0v) is 13.0. The lowest BCUT2D eigenvalue weighted by atomic mass is 10.1. The topological polar surface area (TPSA) is 129 Å². The number of benzene rings is 1. The van der Waals surface area contributed by atoms with Crippen molar-refractivity contribution in [3.05, 3.63) is 56.3 Å². The summed E-state index contributed by atoms with van der Waals surface area (Å²) in [5.74, 6) is -1.97. The molecule has 0 fully saturated rings. The number of aromatic nitrogens is 2. The number of hydrogen-bond acceptors (Lipinski definition) is 6. The zero-order chi connectivity index (χ0) is 17.9. The van der Waals surface area contributed by atoms with Gasteiger partial charge in [0.05, 0.1) is 22.3 Å². The van der Waals surface area contributed by atoms with Crippen LogP contribution in [-0.2, 0) is 6.54 Å². The van der Waals surface area contributed by atoms with Gasteiger partial charge in [0, 0.05) is 18.7 Å². The number of oxazole rings is 1. The Balaban J connectivity index is 2.00. The molecule has 0 spiro atoms. The van der Waals surface area contributed by atoms with Crippen LogP contribution >= 0.6 is 0 Å². The first-order chi connectivity index (χ1) is 11.9.